The molecule has 0 saturated carbocycles. The Hall–Kier alpha value is -1.82. The number of hydrogen-bond acceptors (Lipinski definition) is 3. The van der Waals surface area contributed by atoms with Crippen molar-refractivity contribution in [2.75, 3.05) is 25.5 Å². The number of piperidine rings is 1. The van der Waals surface area contributed by atoms with Crippen LogP contribution in [0.25, 0.3) is 15.8 Å². The molecule has 1 atom stereocenters. The van der Waals surface area contributed by atoms with E-state index in [0.717, 1.165) is 47.4 Å². The maximum Gasteiger partial charge on any atom is 0.204 e. The summed E-state index contributed by atoms with van der Waals surface area (Å²) in [6, 6.07) is 10.6. The summed E-state index contributed by atoms with van der Waals surface area (Å²) in [5.41, 5.74) is 2.03. The van der Waals surface area contributed by atoms with Crippen molar-refractivity contribution in [3.05, 3.63) is 48.1 Å². The Bertz CT molecular complexity index is 801. The van der Waals surface area contributed by atoms with Gasteiger partial charge in [0.15, 0.2) is 5.38 Å². The summed E-state index contributed by atoms with van der Waals surface area (Å²) >= 11 is 0. The van der Waals surface area contributed by atoms with Crippen LogP contribution in [0.1, 0.15) is 12.8 Å². The van der Waals surface area contributed by atoms with Crippen molar-refractivity contribution in [1.82, 2.24) is 9.47 Å². The highest BCUT2D eigenvalue weighted by Gasteiger charge is 2.21. The molecule has 0 spiro atoms. The Balaban J connectivity index is 1.71. The first-order valence-corrected chi connectivity index (χ1v) is 9.28. The van der Waals surface area contributed by atoms with Crippen molar-refractivity contribution in [2.24, 2.45) is 0 Å². The van der Waals surface area contributed by atoms with Gasteiger partial charge in [-0.3, -0.25) is 0 Å². The molecule has 1 saturated heterocycles. The molecule has 1 unspecified atom stereocenters. The van der Waals surface area contributed by atoms with E-state index in [1.807, 2.05) is 34.5 Å². The van der Waals surface area contributed by atoms with Gasteiger partial charge in [0, 0.05) is 18.4 Å². The van der Waals surface area contributed by atoms with Crippen molar-refractivity contribution in [3.63, 3.8) is 0 Å². The number of nitrogens with one attached hydrogen (secondary N) is 1. The average molecular weight is 327 g/mol. The second-order valence-electron chi connectivity index (χ2n) is 6.29. The first kappa shape index (κ1) is 14.8. The van der Waals surface area contributed by atoms with Crippen LogP contribution in [-0.2, 0) is 0 Å². The van der Waals surface area contributed by atoms with Crippen LogP contribution in [0.3, 0.4) is 0 Å². The molecule has 120 valence electrons. The number of likely N-dealkylation sites (tertiary alicyclic amines) is 1. The molecule has 0 amide bonds. The van der Waals surface area contributed by atoms with Gasteiger partial charge in [0.2, 0.25) is 4.70 Å². The predicted molar refractivity (Wildman–Crippen MR) is 96.1 cm³/mol. The van der Waals surface area contributed by atoms with Gasteiger partial charge in [-0.15, -0.1) is 0 Å². The van der Waals surface area contributed by atoms with E-state index in [0.29, 0.717) is 6.04 Å². The van der Waals surface area contributed by atoms with Crippen LogP contribution < -0.4 is 5.32 Å². The average Bonchev–Trinajstić information content (AvgIpc) is 3.18. The number of aromatic nitrogens is 1. The molecule has 3 heterocycles. The molecule has 1 fully saturated rings. The minimum atomic E-state index is -1.09. The third-order valence-electron chi connectivity index (χ3n) is 4.67. The second-order valence-corrected chi connectivity index (χ2v) is 7.53. The molecule has 0 aliphatic carbocycles. The van der Waals surface area contributed by atoms with Crippen molar-refractivity contribution in [3.8, 4) is 5.69 Å². The summed E-state index contributed by atoms with van der Waals surface area (Å²) in [6.45, 7) is 2.23. The normalized spacial score (nSPS) is 17.7. The van der Waals surface area contributed by atoms with Gasteiger partial charge >= 0.3 is 0 Å². The first-order valence-electron chi connectivity index (χ1n) is 8.06. The third kappa shape index (κ3) is 2.76. The minimum Gasteiger partial charge on any atom is -0.590 e. The van der Waals surface area contributed by atoms with E-state index >= 15 is 0 Å². The number of fused-ring (bicyclic) bond motifs is 1. The summed E-state index contributed by atoms with van der Waals surface area (Å²) in [5.74, 6) is 0. The van der Waals surface area contributed by atoms with Gasteiger partial charge in [0.25, 0.3) is 0 Å². The highest BCUT2D eigenvalue weighted by Crippen LogP contribution is 2.40. The second kappa shape index (κ2) is 6.00. The summed E-state index contributed by atoms with van der Waals surface area (Å²) in [5, 5.41) is 6.55. The molecule has 1 aromatic carbocycles. The lowest BCUT2D eigenvalue weighted by molar-refractivity contribution is 0.264. The molecule has 0 bridgehead atoms. The van der Waals surface area contributed by atoms with Gasteiger partial charge in [-0.25, -0.2) is 0 Å². The van der Waals surface area contributed by atoms with E-state index in [1.165, 1.54) is 0 Å². The molecule has 5 heteroatoms. The maximum absolute atomic E-state index is 12.7. The lowest BCUT2D eigenvalue weighted by Crippen LogP contribution is -2.36. The zero-order valence-corrected chi connectivity index (χ0v) is 14.1. The smallest absolute Gasteiger partial charge is 0.204 e. The fourth-order valence-corrected chi connectivity index (χ4v) is 4.66. The molecule has 3 aromatic rings. The van der Waals surface area contributed by atoms with E-state index in [4.69, 9.17) is 0 Å². The Morgan fingerprint density at radius 3 is 2.61 bits per heavy atom. The lowest BCUT2D eigenvalue weighted by Gasteiger charge is -2.30. The largest absolute Gasteiger partial charge is 0.590 e. The van der Waals surface area contributed by atoms with Gasteiger partial charge in [-0.05, 0) is 68.0 Å². The summed E-state index contributed by atoms with van der Waals surface area (Å²) in [7, 11) is 1.07. The van der Waals surface area contributed by atoms with E-state index in [1.54, 1.807) is 0 Å². The SMILES string of the molecule is CN1CCC(Nc2cccc3c(-n4cccc4)c[s+]([O-])c23)CC1. The molecule has 1 aliphatic heterocycles. The van der Waals surface area contributed by atoms with Crippen LogP contribution in [0.5, 0.6) is 0 Å². The van der Waals surface area contributed by atoms with Crippen LogP contribution >= 0.6 is 10.8 Å². The number of hydrogen-bond donors (Lipinski definition) is 1. The fourth-order valence-electron chi connectivity index (χ4n) is 3.36. The minimum absolute atomic E-state index is 0.463. The third-order valence-corrected chi connectivity index (χ3v) is 5.95. The molecule has 2 aromatic heterocycles. The summed E-state index contributed by atoms with van der Waals surface area (Å²) in [4.78, 5) is 2.36. The van der Waals surface area contributed by atoms with Gasteiger partial charge in [-0.2, -0.15) is 0 Å². The summed E-state index contributed by atoms with van der Waals surface area (Å²) in [6.07, 6.45) is 6.25. The van der Waals surface area contributed by atoms with Crippen molar-refractivity contribution in [2.45, 2.75) is 18.9 Å². The number of benzene rings is 1. The number of nitrogens with zero attached hydrogens (tertiary/aromatic N) is 2. The van der Waals surface area contributed by atoms with Gasteiger partial charge in [0.05, 0.1) is 11.1 Å². The Labute approximate surface area is 139 Å². The quantitative estimate of drug-likeness (QED) is 0.743. The number of rotatable bonds is 3. The molecule has 0 radical (unpaired) electrons. The standard InChI is InChI=1S/C18H21N3OS/c1-20-11-7-14(8-12-20)19-16-6-4-5-15-17(13-23(22)18(15)16)21-9-2-3-10-21/h2-6,9-10,13-14,19H,7-8,11-12H2,1H3. The van der Waals surface area contributed by atoms with E-state index < -0.39 is 10.8 Å². The molecular weight excluding hydrogens is 306 g/mol. The van der Waals surface area contributed by atoms with Crippen molar-refractivity contribution in [1.29, 1.82) is 0 Å². The van der Waals surface area contributed by atoms with Crippen LogP contribution in [0, 0.1) is 0 Å². The van der Waals surface area contributed by atoms with Crippen molar-refractivity contribution < 1.29 is 4.55 Å². The van der Waals surface area contributed by atoms with Gasteiger partial charge < -0.3 is 19.3 Å². The fraction of sp³-hybridized carbons (Fsp3) is 0.333. The molecule has 1 aliphatic rings. The zero-order valence-electron chi connectivity index (χ0n) is 13.2. The summed E-state index contributed by atoms with van der Waals surface area (Å²) < 4.78 is 15.6. The maximum atomic E-state index is 12.7. The molecule has 1 N–H and O–H groups in total. The van der Waals surface area contributed by atoms with Crippen molar-refractivity contribution >= 4 is 26.5 Å². The Morgan fingerprint density at radius 1 is 1.13 bits per heavy atom. The topological polar surface area (TPSA) is 43.3 Å². The van der Waals surface area contributed by atoms with Crippen LogP contribution in [0.15, 0.2) is 48.1 Å². The van der Waals surface area contributed by atoms with E-state index in [-0.39, 0.29) is 0 Å². The monoisotopic (exact) mass is 327 g/mol. The van der Waals surface area contributed by atoms with Crippen LogP contribution in [0.2, 0.25) is 0 Å². The zero-order chi connectivity index (χ0) is 15.8. The molecule has 23 heavy (non-hydrogen) atoms. The van der Waals surface area contributed by atoms with Crippen LogP contribution in [0.4, 0.5) is 5.69 Å². The highest BCUT2D eigenvalue weighted by atomic mass is 32.2. The highest BCUT2D eigenvalue weighted by molar-refractivity contribution is 7.31. The van der Waals surface area contributed by atoms with Gasteiger partial charge in [-0.1, -0.05) is 6.07 Å². The Kier molecular flexibility index (Phi) is 3.85. The molecular formula is C18H21N3OS. The van der Waals surface area contributed by atoms with E-state index in [9.17, 15) is 4.55 Å². The Morgan fingerprint density at radius 2 is 1.87 bits per heavy atom. The van der Waals surface area contributed by atoms with Gasteiger partial charge in [0.1, 0.15) is 5.69 Å². The number of thiophene rings is 1. The van der Waals surface area contributed by atoms with E-state index in [2.05, 4.69) is 35.5 Å². The first-order chi connectivity index (χ1) is 11.2. The lowest BCUT2D eigenvalue weighted by atomic mass is 10.0. The number of anilines is 1. The molecule has 4 rings (SSSR count). The molecule has 4 nitrogen and oxygen atoms in total. The predicted octanol–water partition coefficient (Wildman–Crippen LogP) is 3.86. The van der Waals surface area contributed by atoms with Crippen LogP contribution in [-0.4, -0.2) is 40.2 Å².